The van der Waals surface area contributed by atoms with E-state index in [0.29, 0.717) is 41.7 Å². The van der Waals surface area contributed by atoms with E-state index in [1.807, 2.05) is 60.7 Å². The van der Waals surface area contributed by atoms with Crippen molar-refractivity contribution >= 4 is 11.9 Å². The fourth-order valence-electron chi connectivity index (χ4n) is 4.16. The smallest absolute Gasteiger partial charge is 0.337 e. The number of para-hydroxylation sites is 2. The van der Waals surface area contributed by atoms with Crippen LogP contribution in [-0.2, 0) is 28.8 Å². The first kappa shape index (κ1) is 26.8. The zero-order chi connectivity index (χ0) is 26.7. The molecule has 4 rings (SSSR count). The molecule has 200 valence electrons. The molecule has 0 spiro atoms. The fraction of sp³-hybridized carbons (Fsp3) is 0.310. The summed E-state index contributed by atoms with van der Waals surface area (Å²) < 4.78 is 22.3. The Balaban J connectivity index is 1.44. The summed E-state index contributed by atoms with van der Waals surface area (Å²) in [5, 5.41) is 3.11. The summed E-state index contributed by atoms with van der Waals surface area (Å²) in [6, 6.07) is 18.5. The van der Waals surface area contributed by atoms with E-state index in [9.17, 15) is 9.59 Å². The van der Waals surface area contributed by atoms with Crippen LogP contribution in [0.1, 0.15) is 20.3 Å². The molecule has 0 saturated heterocycles. The van der Waals surface area contributed by atoms with Crippen molar-refractivity contribution in [2.24, 2.45) is 5.92 Å². The Labute approximate surface area is 221 Å². The predicted octanol–water partition coefficient (Wildman–Crippen LogP) is 4.23. The molecule has 9 nitrogen and oxygen atoms in total. The van der Waals surface area contributed by atoms with Crippen LogP contribution in [0.15, 0.2) is 95.0 Å². The van der Waals surface area contributed by atoms with Crippen molar-refractivity contribution in [2.45, 2.75) is 20.3 Å². The Morgan fingerprint density at radius 3 is 1.74 bits per heavy atom. The van der Waals surface area contributed by atoms with Crippen LogP contribution in [0, 0.1) is 5.92 Å². The van der Waals surface area contributed by atoms with E-state index in [0.717, 1.165) is 0 Å². The van der Waals surface area contributed by atoms with E-state index in [4.69, 9.17) is 28.7 Å². The Morgan fingerprint density at radius 2 is 1.29 bits per heavy atom. The number of benzene rings is 2. The number of esters is 2. The largest absolute Gasteiger partial charge is 0.490 e. The van der Waals surface area contributed by atoms with E-state index >= 15 is 0 Å². The second-order valence-electron chi connectivity index (χ2n) is 8.53. The number of carbonyl (C=O) groups is 2. The first-order chi connectivity index (χ1) is 18.5. The molecule has 0 bridgehead atoms. The van der Waals surface area contributed by atoms with Gasteiger partial charge in [0.2, 0.25) is 0 Å². The van der Waals surface area contributed by atoms with Crippen LogP contribution in [0.25, 0.3) is 0 Å². The van der Waals surface area contributed by atoms with Gasteiger partial charge in [-0.05, 0) is 50.6 Å². The highest BCUT2D eigenvalue weighted by Gasteiger charge is 2.41. The predicted molar refractivity (Wildman–Crippen MR) is 138 cm³/mol. The zero-order valence-corrected chi connectivity index (χ0v) is 21.4. The number of carbonyl (C=O) groups excluding carboxylic acids is 2. The molecule has 0 fully saturated rings. The van der Waals surface area contributed by atoms with Gasteiger partial charge in [-0.1, -0.05) is 36.4 Å². The van der Waals surface area contributed by atoms with Crippen molar-refractivity contribution in [2.75, 3.05) is 33.0 Å². The Bertz CT molecular complexity index is 1120. The molecule has 0 amide bonds. The molecule has 0 aliphatic carbocycles. The minimum Gasteiger partial charge on any atom is -0.490 e. The van der Waals surface area contributed by atoms with Crippen LogP contribution in [0.3, 0.4) is 0 Å². The molecule has 2 heterocycles. The number of allylic oxidation sites excluding steroid dienone is 3. The summed E-state index contributed by atoms with van der Waals surface area (Å²) >= 11 is 0. The average Bonchev–Trinajstić information content (AvgIpc) is 2.94. The lowest BCUT2D eigenvalue weighted by Crippen LogP contribution is -2.36. The lowest BCUT2D eigenvalue weighted by Gasteiger charge is -2.31. The molecule has 2 aliphatic heterocycles. The van der Waals surface area contributed by atoms with E-state index in [1.165, 1.54) is 0 Å². The van der Waals surface area contributed by atoms with Gasteiger partial charge in [0.05, 0.1) is 23.7 Å². The van der Waals surface area contributed by atoms with Crippen LogP contribution in [0.4, 0.5) is 0 Å². The fourth-order valence-corrected chi connectivity index (χ4v) is 4.16. The summed E-state index contributed by atoms with van der Waals surface area (Å²) in [6.45, 7) is 4.25. The van der Waals surface area contributed by atoms with Crippen molar-refractivity contribution in [1.29, 1.82) is 0 Å². The number of ether oxygens (including phenoxy) is 4. The van der Waals surface area contributed by atoms with Gasteiger partial charge >= 0.3 is 11.9 Å². The van der Waals surface area contributed by atoms with Crippen LogP contribution < -0.4 is 14.8 Å². The molecule has 0 radical (unpaired) electrons. The molecule has 2 aromatic carbocycles. The molecular formula is C29H31NO8. The summed E-state index contributed by atoms with van der Waals surface area (Å²) in [5.41, 5.74) is 1.56. The zero-order valence-electron chi connectivity index (χ0n) is 21.4. The first-order valence-electron chi connectivity index (χ1n) is 12.4. The highest BCUT2D eigenvalue weighted by atomic mass is 17.2. The second-order valence-corrected chi connectivity index (χ2v) is 8.53. The van der Waals surface area contributed by atoms with Crippen molar-refractivity contribution in [3.63, 3.8) is 0 Å². The second kappa shape index (κ2) is 13.3. The topological polar surface area (TPSA) is 102 Å². The quantitative estimate of drug-likeness (QED) is 0.264. The summed E-state index contributed by atoms with van der Waals surface area (Å²) in [7, 11) is 0. The number of nitrogens with one attached hydrogen (secondary N) is 1. The standard InChI is InChI=1S/C29H31NO8/c1-20-25(28(31)35-18-16-33-22-10-5-3-6-11-22)27(24-14-9-15-37-38-24)26(21(2)30-20)29(32)36-19-17-34-23-12-7-4-8-13-23/h3-8,10-14,27,30H,9,15-19H2,1-2H3. The molecule has 1 N–H and O–H groups in total. The van der Waals surface area contributed by atoms with Crippen molar-refractivity contribution < 1.29 is 38.3 Å². The van der Waals surface area contributed by atoms with Gasteiger partial charge in [0.25, 0.3) is 0 Å². The van der Waals surface area contributed by atoms with Gasteiger partial charge in [-0.25, -0.2) is 9.59 Å². The monoisotopic (exact) mass is 521 g/mol. The average molecular weight is 522 g/mol. The molecule has 0 aromatic heterocycles. The number of hydrogen-bond acceptors (Lipinski definition) is 9. The van der Waals surface area contributed by atoms with Crippen LogP contribution in [0.5, 0.6) is 11.5 Å². The molecule has 2 aliphatic rings. The normalized spacial score (nSPS) is 15.7. The van der Waals surface area contributed by atoms with Gasteiger partial charge in [0.1, 0.15) is 37.9 Å². The Kier molecular flexibility index (Phi) is 9.42. The molecule has 0 unspecified atom stereocenters. The first-order valence-corrected chi connectivity index (χ1v) is 12.4. The highest BCUT2D eigenvalue weighted by molar-refractivity contribution is 5.98. The molecule has 0 atom stereocenters. The molecular weight excluding hydrogens is 490 g/mol. The van der Waals surface area contributed by atoms with Gasteiger partial charge in [-0.2, -0.15) is 4.89 Å². The molecule has 0 saturated carbocycles. The number of dihydropyridines is 1. The van der Waals surface area contributed by atoms with Gasteiger partial charge in [-0.3, -0.25) is 0 Å². The SMILES string of the molecule is CC1=C(C(=O)OCCOc2ccccc2)C(C2=CCCOO2)C(C(=O)OCCOc2ccccc2)=C(C)N1. The van der Waals surface area contributed by atoms with Crippen LogP contribution >= 0.6 is 0 Å². The van der Waals surface area contributed by atoms with Gasteiger partial charge in [0, 0.05) is 11.4 Å². The Hall–Kier alpha value is -4.24. The maximum absolute atomic E-state index is 13.3. The summed E-state index contributed by atoms with van der Waals surface area (Å²) in [6.07, 6.45) is 2.37. The third-order valence-corrected chi connectivity index (χ3v) is 5.84. The van der Waals surface area contributed by atoms with E-state index in [-0.39, 0.29) is 37.6 Å². The minimum absolute atomic E-state index is 0.0208. The summed E-state index contributed by atoms with van der Waals surface area (Å²) in [4.78, 5) is 37.2. The van der Waals surface area contributed by atoms with Gasteiger partial charge in [-0.15, -0.1) is 0 Å². The minimum atomic E-state index is -0.860. The molecule has 9 heteroatoms. The third kappa shape index (κ3) is 6.95. The van der Waals surface area contributed by atoms with Gasteiger partial charge in [0.15, 0.2) is 5.76 Å². The van der Waals surface area contributed by atoms with E-state index in [1.54, 1.807) is 19.9 Å². The van der Waals surface area contributed by atoms with E-state index in [2.05, 4.69) is 5.32 Å². The lowest BCUT2D eigenvalue weighted by molar-refractivity contribution is -0.273. The maximum Gasteiger partial charge on any atom is 0.337 e. The molecule has 2 aromatic rings. The van der Waals surface area contributed by atoms with Crippen molar-refractivity contribution in [1.82, 2.24) is 5.32 Å². The third-order valence-electron chi connectivity index (χ3n) is 5.84. The van der Waals surface area contributed by atoms with Crippen LogP contribution in [0.2, 0.25) is 0 Å². The van der Waals surface area contributed by atoms with E-state index < -0.39 is 17.9 Å². The number of hydrogen-bond donors (Lipinski definition) is 1. The molecule has 38 heavy (non-hydrogen) atoms. The summed E-state index contributed by atoms with van der Waals surface area (Å²) in [5.74, 6) is -0.380. The lowest BCUT2D eigenvalue weighted by atomic mass is 9.83. The van der Waals surface area contributed by atoms with Crippen LogP contribution in [-0.4, -0.2) is 45.0 Å². The maximum atomic E-state index is 13.3. The van der Waals surface area contributed by atoms with Crippen molar-refractivity contribution in [3.8, 4) is 11.5 Å². The highest BCUT2D eigenvalue weighted by Crippen LogP contribution is 2.38. The van der Waals surface area contributed by atoms with Gasteiger partial charge < -0.3 is 29.2 Å². The Morgan fingerprint density at radius 1 is 0.789 bits per heavy atom. The van der Waals surface area contributed by atoms with Crippen molar-refractivity contribution in [3.05, 3.63) is 95.0 Å². The number of rotatable bonds is 11.